The first kappa shape index (κ1) is 22.8. The fraction of sp³-hybridized carbons (Fsp3) is 0.500. The van der Waals surface area contributed by atoms with Crippen molar-refractivity contribution in [3.05, 3.63) is 53.5 Å². The maximum absolute atomic E-state index is 12.5. The van der Waals surface area contributed by atoms with Gasteiger partial charge in [-0.1, -0.05) is 30.3 Å². The monoisotopic (exact) mass is 453 g/mol. The molecule has 0 bridgehead atoms. The number of carbonyl (C=O) groups excluding carboxylic acids is 2. The van der Waals surface area contributed by atoms with Gasteiger partial charge in [0.05, 0.1) is 12.2 Å². The van der Waals surface area contributed by atoms with Crippen LogP contribution >= 0.6 is 0 Å². The molecule has 9 heteroatoms. The SMILES string of the molecule is CC(C)(C)OC(=O)N1CCc2c(ncnc2N2CCN(C(=O)OCc3ccccc3)CC2)C1. The number of amides is 2. The molecule has 1 saturated heterocycles. The summed E-state index contributed by atoms with van der Waals surface area (Å²) in [5, 5.41) is 0. The van der Waals surface area contributed by atoms with E-state index in [1.807, 2.05) is 51.1 Å². The number of aromatic nitrogens is 2. The van der Waals surface area contributed by atoms with Crippen molar-refractivity contribution in [3.8, 4) is 0 Å². The summed E-state index contributed by atoms with van der Waals surface area (Å²) < 4.78 is 11.0. The number of fused-ring (bicyclic) bond motifs is 1. The summed E-state index contributed by atoms with van der Waals surface area (Å²) in [5.74, 6) is 0.890. The Labute approximate surface area is 194 Å². The van der Waals surface area contributed by atoms with E-state index in [4.69, 9.17) is 9.47 Å². The van der Waals surface area contributed by atoms with Crippen molar-refractivity contribution in [1.82, 2.24) is 19.8 Å². The van der Waals surface area contributed by atoms with Crippen LogP contribution in [-0.4, -0.2) is 70.3 Å². The molecule has 9 nitrogen and oxygen atoms in total. The first-order chi connectivity index (χ1) is 15.8. The molecule has 1 aromatic carbocycles. The zero-order valence-corrected chi connectivity index (χ0v) is 19.5. The highest BCUT2D eigenvalue weighted by Crippen LogP contribution is 2.27. The van der Waals surface area contributed by atoms with Gasteiger partial charge in [0.25, 0.3) is 0 Å². The minimum absolute atomic E-state index is 0.271. The number of ether oxygens (including phenoxy) is 2. The number of piperazine rings is 1. The number of carbonyl (C=O) groups is 2. The molecule has 0 saturated carbocycles. The number of benzene rings is 1. The van der Waals surface area contributed by atoms with Crippen LogP contribution in [0.1, 0.15) is 37.6 Å². The van der Waals surface area contributed by atoms with E-state index in [0.29, 0.717) is 45.7 Å². The molecule has 2 aliphatic heterocycles. The Bertz CT molecular complexity index is 984. The summed E-state index contributed by atoms with van der Waals surface area (Å²) in [6, 6.07) is 9.67. The minimum atomic E-state index is -0.532. The Morgan fingerprint density at radius 3 is 2.36 bits per heavy atom. The second-order valence-electron chi connectivity index (χ2n) is 9.29. The molecule has 0 aliphatic carbocycles. The summed E-state index contributed by atoms with van der Waals surface area (Å²) in [4.78, 5) is 39.5. The van der Waals surface area contributed by atoms with Crippen LogP contribution in [-0.2, 0) is 29.0 Å². The highest BCUT2D eigenvalue weighted by atomic mass is 16.6. The predicted octanol–water partition coefficient (Wildman–Crippen LogP) is 3.23. The van der Waals surface area contributed by atoms with Gasteiger partial charge in [0.2, 0.25) is 0 Å². The predicted molar refractivity (Wildman–Crippen MR) is 123 cm³/mol. The maximum Gasteiger partial charge on any atom is 0.410 e. The van der Waals surface area contributed by atoms with Crippen molar-refractivity contribution in [1.29, 1.82) is 0 Å². The Balaban J connectivity index is 1.34. The van der Waals surface area contributed by atoms with Gasteiger partial charge in [-0.15, -0.1) is 0 Å². The van der Waals surface area contributed by atoms with Crippen molar-refractivity contribution in [2.24, 2.45) is 0 Å². The Hall–Kier alpha value is -3.36. The fourth-order valence-corrected chi connectivity index (χ4v) is 4.00. The highest BCUT2D eigenvalue weighted by molar-refractivity contribution is 5.69. The Morgan fingerprint density at radius 1 is 0.939 bits per heavy atom. The second kappa shape index (κ2) is 9.64. The van der Waals surface area contributed by atoms with Crippen molar-refractivity contribution < 1.29 is 19.1 Å². The highest BCUT2D eigenvalue weighted by Gasteiger charge is 2.30. The molecule has 0 radical (unpaired) electrons. The molecule has 1 aromatic heterocycles. The summed E-state index contributed by atoms with van der Waals surface area (Å²) in [5.41, 5.74) is 2.35. The van der Waals surface area contributed by atoms with Crippen LogP contribution in [0.5, 0.6) is 0 Å². The maximum atomic E-state index is 12.5. The number of nitrogens with zero attached hydrogens (tertiary/aromatic N) is 5. The van der Waals surface area contributed by atoms with Crippen LogP contribution in [0.4, 0.5) is 15.4 Å². The number of rotatable bonds is 3. The van der Waals surface area contributed by atoms with E-state index >= 15 is 0 Å². The Kier molecular flexibility index (Phi) is 6.67. The molecular weight excluding hydrogens is 422 g/mol. The lowest BCUT2D eigenvalue weighted by atomic mass is 10.0. The van der Waals surface area contributed by atoms with Gasteiger partial charge in [0.1, 0.15) is 24.4 Å². The van der Waals surface area contributed by atoms with E-state index in [1.54, 1.807) is 16.1 Å². The van der Waals surface area contributed by atoms with Gasteiger partial charge < -0.3 is 24.2 Å². The normalized spacial score (nSPS) is 16.3. The smallest absolute Gasteiger partial charge is 0.410 e. The molecule has 0 atom stereocenters. The molecular formula is C24H31N5O4. The van der Waals surface area contributed by atoms with E-state index in [9.17, 15) is 9.59 Å². The molecule has 2 aromatic rings. The minimum Gasteiger partial charge on any atom is -0.445 e. The third kappa shape index (κ3) is 5.71. The molecule has 2 amide bonds. The van der Waals surface area contributed by atoms with Gasteiger partial charge in [0, 0.05) is 38.3 Å². The van der Waals surface area contributed by atoms with Gasteiger partial charge in [-0.3, -0.25) is 0 Å². The second-order valence-corrected chi connectivity index (χ2v) is 9.29. The standard InChI is InChI=1S/C24H31N5O4/c1-24(2,3)33-23(31)29-10-9-19-20(15-29)25-17-26-21(19)27-11-13-28(14-12-27)22(30)32-16-18-7-5-4-6-8-18/h4-8,17H,9-16H2,1-3H3. The molecule has 0 unspecified atom stereocenters. The molecule has 33 heavy (non-hydrogen) atoms. The average molecular weight is 454 g/mol. The lowest BCUT2D eigenvalue weighted by Crippen LogP contribution is -2.49. The number of anilines is 1. The van der Waals surface area contributed by atoms with Gasteiger partial charge in [-0.2, -0.15) is 0 Å². The largest absolute Gasteiger partial charge is 0.445 e. The Morgan fingerprint density at radius 2 is 1.67 bits per heavy atom. The molecule has 2 aliphatic rings. The van der Waals surface area contributed by atoms with E-state index in [-0.39, 0.29) is 18.8 Å². The van der Waals surface area contributed by atoms with Gasteiger partial charge in [-0.25, -0.2) is 19.6 Å². The van der Waals surface area contributed by atoms with Crippen molar-refractivity contribution in [2.45, 2.75) is 45.9 Å². The van der Waals surface area contributed by atoms with E-state index < -0.39 is 5.60 Å². The third-order valence-corrected chi connectivity index (χ3v) is 5.68. The van der Waals surface area contributed by atoms with Gasteiger partial charge in [0.15, 0.2) is 0 Å². The van der Waals surface area contributed by atoms with Crippen molar-refractivity contribution in [2.75, 3.05) is 37.6 Å². The summed E-state index contributed by atoms with van der Waals surface area (Å²) >= 11 is 0. The molecule has 176 valence electrons. The molecule has 0 N–H and O–H groups in total. The van der Waals surface area contributed by atoms with Crippen LogP contribution in [0.3, 0.4) is 0 Å². The zero-order chi connectivity index (χ0) is 23.4. The molecule has 1 fully saturated rings. The number of hydrogen-bond acceptors (Lipinski definition) is 7. The number of hydrogen-bond donors (Lipinski definition) is 0. The lowest BCUT2D eigenvalue weighted by Gasteiger charge is -2.37. The topological polar surface area (TPSA) is 88.1 Å². The van der Waals surface area contributed by atoms with Gasteiger partial charge in [-0.05, 0) is 32.8 Å². The molecule has 0 spiro atoms. The third-order valence-electron chi connectivity index (χ3n) is 5.68. The fourth-order valence-electron chi connectivity index (χ4n) is 4.00. The summed E-state index contributed by atoms with van der Waals surface area (Å²) in [6.07, 6.45) is 1.60. The quantitative estimate of drug-likeness (QED) is 0.705. The summed E-state index contributed by atoms with van der Waals surface area (Å²) in [6.45, 7) is 9.29. The lowest BCUT2D eigenvalue weighted by molar-refractivity contribution is 0.0220. The molecule has 4 rings (SSSR count). The van der Waals surface area contributed by atoms with E-state index in [0.717, 1.165) is 22.6 Å². The van der Waals surface area contributed by atoms with E-state index in [1.165, 1.54) is 0 Å². The first-order valence-electron chi connectivity index (χ1n) is 11.3. The summed E-state index contributed by atoms with van der Waals surface area (Å²) in [7, 11) is 0. The van der Waals surface area contributed by atoms with Crippen LogP contribution in [0.2, 0.25) is 0 Å². The van der Waals surface area contributed by atoms with E-state index in [2.05, 4.69) is 14.9 Å². The zero-order valence-electron chi connectivity index (χ0n) is 19.5. The first-order valence-corrected chi connectivity index (χ1v) is 11.3. The van der Waals surface area contributed by atoms with Gasteiger partial charge >= 0.3 is 12.2 Å². The van der Waals surface area contributed by atoms with Crippen LogP contribution in [0.15, 0.2) is 36.7 Å². The van der Waals surface area contributed by atoms with Crippen LogP contribution < -0.4 is 4.90 Å². The van der Waals surface area contributed by atoms with Crippen molar-refractivity contribution >= 4 is 18.0 Å². The van der Waals surface area contributed by atoms with Crippen LogP contribution in [0.25, 0.3) is 0 Å². The van der Waals surface area contributed by atoms with Crippen molar-refractivity contribution in [3.63, 3.8) is 0 Å². The molecule has 3 heterocycles. The van der Waals surface area contributed by atoms with Crippen LogP contribution in [0, 0.1) is 0 Å². The average Bonchev–Trinajstić information content (AvgIpc) is 2.81.